The van der Waals surface area contributed by atoms with Crippen molar-refractivity contribution in [1.29, 1.82) is 0 Å². The Bertz CT molecular complexity index is 289. The molecule has 1 heterocycles. The van der Waals surface area contributed by atoms with Gasteiger partial charge in [0, 0.05) is 22.9 Å². The lowest BCUT2D eigenvalue weighted by Crippen LogP contribution is -2.27. The minimum absolute atomic E-state index is 0.570. The predicted molar refractivity (Wildman–Crippen MR) is 68.0 cm³/mol. The highest BCUT2D eigenvalue weighted by Gasteiger charge is 2.06. The van der Waals surface area contributed by atoms with Crippen LogP contribution in [0.3, 0.4) is 0 Å². The molecule has 1 N–H and O–H groups in total. The fourth-order valence-corrected chi connectivity index (χ4v) is 2.06. The molecule has 0 amide bonds. The number of halogens is 1. The van der Waals surface area contributed by atoms with Gasteiger partial charge in [0.15, 0.2) is 0 Å². The van der Waals surface area contributed by atoms with Crippen molar-refractivity contribution in [2.24, 2.45) is 0 Å². The van der Waals surface area contributed by atoms with Crippen LogP contribution in [0.5, 0.6) is 0 Å². The summed E-state index contributed by atoms with van der Waals surface area (Å²) in [5, 5.41) is 3.36. The van der Waals surface area contributed by atoms with Crippen molar-refractivity contribution in [2.45, 2.75) is 38.6 Å². The summed E-state index contributed by atoms with van der Waals surface area (Å²) in [6.07, 6.45) is 8.61. The van der Waals surface area contributed by atoms with Gasteiger partial charge in [0.2, 0.25) is 0 Å². The van der Waals surface area contributed by atoms with E-state index in [0.717, 1.165) is 10.9 Å². The monoisotopic (exact) mass is 270 g/mol. The summed E-state index contributed by atoms with van der Waals surface area (Å²) in [6.45, 7) is 2.23. The molecule has 0 aliphatic carbocycles. The Labute approximate surface area is 101 Å². The summed E-state index contributed by atoms with van der Waals surface area (Å²) >= 11 is 3.44. The molecule has 1 unspecified atom stereocenters. The van der Waals surface area contributed by atoms with Crippen LogP contribution in [0.25, 0.3) is 0 Å². The van der Waals surface area contributed by atoms with Crippen LogP contribution in [0, 0.1) is 0 Å². The number of unbranched alkanes of at least 4 members (excludes halogenated alkanes) is 1. The van der Waals surface area contributed by atoms with E-state index in [0.29, 0.717) is 6.04 Å². The first kappa shape index (κ1) is 12.7. The molecule has 0 saturated heterocycles. The molecule has 0 radical (unpaired) electrons. The van der Waals surface area contributed by atoms with Gasteiger partial charge in [-0.3, -0.25) is 4.98 Å². The van der Waals surface area contributed by atoms with Crippen LogP contribution in [0.2, 0.25) is 0 Å². The number of rotatable bonds is 6. The maximum Gasteiger partial charge on any atom is 0.0410 e. The zero-order valence-corrected chi connectivity index (χ0v) is 11.0. The largest absolute Gasteiger partial charge is 0.317 e. The molecule has 0 aliphatic rings. The number of nitrogens with zero attached hydrogens (tertiary/aromatic N) is 1. The van der Waals surface area contributed by atoms with E-state index in [-0.39, 0.29) is 0 Å². The minimum atomic E-state index is 0.570. The van der Waals surface area contributed by atoms with Crippen molar-refractivity contribution in [3.63, 3.8) is 0 Å². The van der Waals surface area contributed by atoms with E-state index in [4.69, 9.17) is 0 Å². The predicted octanol–water partition coefficient (Wildman–Crippen LogP) is 3.16. The second-order valence-electron chi connectivity index (χ2n) is 3.84. The average molecular weight is 271 g/mol. The molecule has 15 heavy (non-hydrogen) atoms. The Balaban J connectivity index is 2.50. The Hall–Kier alpha value is -0.410. The molecule has 0 aliphatic heterocycles. The Kier molecular flexibility index (Phi) is 5.88. The molecular formula is C12H19BrN2. The van der Waals surface area contributed by atoms with E-state index >= 15 is 0 Å². The SMILES string of the molecule is CCCCC(Cc1cncc(Br)c1)NC. The van der Waals surface area contributed by atoms with E-state index in [1.54, 1.807) is 0 Å². The highest BCUT2D eigenvalue weighted by molar-refractivity contribution is 9.10. The Morgan fingerprint density at radius 3 is 2.87 bits per heavy atom. The topological polar surface area (TPSA) is 24.9 Å². The first-order valence-electron chi connectivity index (χ1n) is 5.53. The molecule has 3 heteroatoms. The quantitative estimate of drug-likeness (QED) is 0.859. The van der Waals surface area contributed by atoms with Gasteiger partial charge >= 0.3 is 0 Å². The average Bonchev–Trinajstić information content (AvgIpc) is 2.24. The zero-order valence-electron chi connectivity index (χ0n) is 9.46. The molecule has 2 nitrogen and oxygen atoms in total. The number of hydrogen-bond acceptors (Lipinski definition) is 2. The minimum Gasteiger partial charge on any atom is -0.317 e. The molecule has 1 atom stereocenters. The van der Waals surface area contributed by atoms with Gasteiger partial charge in [0.05, 0.1) is 0 Å². The van der Waals surface area contributed by atoms with Crippen LogP contribution in [-0.2, 0) is 6.42 Å². The van der Waals surface area contributed by atoms with Crippen molar-refractivity contribution in [1.82, 2.24) is 10.3 Å². The fourth-order valence-electron chi connectivity index (χ4n) is 1.65. The van der Waals surface area contributed by atoms with Crippen molar-refractivity contribution in [2.75, 3.05) is 7.05 Å². The highest BCUT2D eigenvalue weighted by atomic mass is 79.9. The van der Waals surface area contributed by atoms with Crippen LogP contribution in [-0.4, -0.2) is 18.1 Å². The Morgan fingerprint density at radius 1 is 1.47 bits per heavy atom. The molecule has 1 rings (SSSR count). The number of aromatic nitrogens is 1. The van der Waals surface area contributed by atoms with Gasteiger partial charge in [-0.05, 0) is 47.4 Å². The number of pyridine rings is 1. The number of hydrogen-bond donors (Lipinski definition) is 1. The van der Waals surface area contributed by atoms with Crippen molar-refractivity contribution < 1.29 is 0 Å². The molecule has 0 spiro atoms. The van der Waals surface area contributed by atoms with Crippen LogP contribution >= 0.6 is 15.9 Å². The van der Waals surface area contributed by atoms with Gasteiger partial charge in [-0.1, -0.05) is 19.8 Å². The van der Waals surface area contributed by atoms with E-state index in [1.165, 1.54) is 24.8 Å². The van der Waals surface area contributed by atoms with Gasteiger partial charge in [-0.15, -0.1) is 0 Å². The maximum atomic E-state index is 4.18. The molecule has 84 valence electrons. The summed E-state index contributed by atoms with van der Waals surface area (Å²) < 4.78 is 1.06. The molecule has 1 aromatic heterocycles. The second-order valence-corrected chi connectivity index (χ2v) is 4.76. The lowest BCUT2D eigenvalue weighted by atomic mass is 10.0. The summed E-state index contributed by atoms with van der Waals surface area (Å²) in [4.78, 5) is 4.18. The number of nitrogens with one attached hydrogen (secondary N) is 1. The number of likely N-dealkylation sites (N-methyl/N-ethyl adjacent to an activating group) is 1. The van der Waals surface area contributed by atoms with Crippen LogP contribution in [0.4, 0.5) is 0 Å². The normalized spacial score (nSPS) is 12.7. The fraction of sp³-hybridized carbons (Fsp3) is 0.583. The third-order valence-electron chi connectivity index (χ3n) is 2.56. The summed E-state index contributed by atoms with van der Waals surface area (Å²) in [7, 11) is 2.03. The summed E-state index contributed by atoms with van der Waals surface area (Å²) in [5.74, 6) is 0. The Morgan fingerprint density at radius 2 is 2.27 bits per heavy atom. The first-order valence-corrected chi connectivity index (χ1v) is 6.32. The maximum absolute atomic E-state index is 4.18. The van der Waals surface area contributed by atoms with E-state index in [9.17, 15) is 0 Å². The third-order valence-corrected chi connectivity index (χ3v) is 2.99. The van der Waals surface area contributed by atoms with Crippen molar-refractivity contribution in [3.8, 4) is 0 Å². The van der Waals surface area contributed by atoms with Crippen molar-refractivity contribution in [3.05, 3.63) is 28.5 Å². The van der Waals surface area contributed by atoms with Gasteiger partial charge in [-0.2, -0.15) is 0 Å². The van der Waals surface area contributed by atoms with E-state index < -0.39 is 0 Å². The molecule has 0 saturated carbocycles. The van der Waals surface area contributed by atoms with Crippen molar-refractivity contribution >= 4 is 15.9 Å². The summed E-state index contributed by atoms with van der Waals surface area (Å²) in [5.41, 5.74) is 1.29. The smallest absolute Gasteiger partial charge is 0.0410 e. The molecule has 0 aromatic carbocycles. The van der Waals surface area contributed by atoms with Gasteiger partial charge in [-0.25, -0.2) is 0 Å². The zero-order chi connectivity index (χ0) is 11.1. The first-order chi connectivity index (χ1) is 7.26. The van der Waals surface area contributed by atoms with Gasteiger partial charge in [0.25, 0.3) is 0 Å². The lowest BCUT2D eigenvalue weighted by Gasteiger charge is -2.15. The standard InChI is InChI=1S/C12H19BrN2/c1-3-4-5-12(14-2)7-10-6-11(13)9-15-8-10/h6,8-9,12,14H,3-5,7H2,1-2H3. The van der Waals surface area contributed by atoms with Gasteiger partial charge < -0.3 is 5.32 Å². The highest BCUT2D eigenvalue weighted by Crippen LogP contribution is 2.13. The van der Waals surface area contributed by atoms with Crippen LogP contribution < -0.4 is 5.32 Å². The summed E-state index contributed by atoms with van der Waals surface area (Å²) in [6, 6.07) is 2.71. The van der Waals surface area contributed by atoms with E-state index in [1.807, 2.05) is 19.4 Å². The molecular weight excluding hydrogens is 252 g/mol. The van der Waals surface area contributed by atoms with Gasteiger partial charge in [0.1, 0.15) is 0 Å². The van der Waals surface area contributed by atoms with E-state index in [2.05, 4.69) is 39.2 Å². The van der Waals surface area contributed by atoms with Crippen LogP contribution in [0.15, 0.2) is 22.9 Å². The van der Waals surface area contributed by atoms with Crippen LogP contribution in [0.1, 0.15) is 31.7 Å². The molecule has 1 aromatic rings. The molecule has 0 bridgehead atoms. The second kappa shape index (κ2) is 6.96. The third kappa shape index (κ3) is 4.76. The lowest BCUT2D eigenvalue weighted by molar-refractivity contribution is 0.498. The molecule has 0 fully saturated rings.